The molecule has 0 bridgehead atoms. The molecular weight excluding hydrogens is 258 g/mol. The second-order valence-corrected chi connectivity index (χ2v) is 5.22. The molecule has 2 N–H and O–H groups in total. The first-order chi connectivity index (χ1) is 9.36. The smallest absolute Gasteiger partial charge is 0.305 e. The highest BCUT2D eigenvalue weighted by Crippen LogP contribution is 2.12. The Kier molecular flexibility index (Phi) is 5.70. The maximum absolute atomic E-state index is 12.1. The summed E-state index contributed by atoms with van der Waals surface area (Å²) in [5.74, 6) is -1.18. The molecule has 1 unspecified atom stereocenters. The molecule has 1 aromatic rings. The van der Waals surface area contributed by atoms with Crippen LogP contribution in [0.25, 0.3) is 0 Å². The van der Waals surface area contributed by atoms with Gasteiger partial charge in [-0.25, -0.2) is 0 Å². The molecule has 0 radical (unpaired) electrons. The summed E-state index contributed by atoms with van der Waals surface area (Å²) in [5, 5.41) is 11.7. The summed E-state index contributed by atoms with van der Waals surface area (Å²) in [4.78, 5) is 23.0. The minimum Gasteiger partial charge on any atom is -0.481 e. The number of aryl methyl sites for hydroxylation is 1. The largest absolute Gasteiger partial charge is 0.481 e. The van der Waals surface area contributed by atoms with Crippen molar-refractivity contribution in [3.8, 4) is 0 Å². The van der Waals surface area contributed by atoms with Gasteiger partial charge in [-0.3, -0.25) is 9.59 Å². The lowest BCUT2D eigenvalue weighted by molar-refractivity contribution is -0.139. The number of hydrogen-bond donors (Lipinski definition) is 2. The van der Waals surface area contributed by atoms with Gasteiger partial charge in [0.1, 0.15) is 0 Å². The lowest BCUT2D eigenvalue weighted by Crippen LogP contribution is -2.51. The summed E-state index contributed by atoms with van der Waals surface area (Å²) in [5.41, 5.74) is 1.06. The van der Waals surface area contributed by atoms with Crippen molar-refractivity contribution in [2.24, 2.45) is 0 Å². The summed E-state index contributed by atoms with van der Waals surface area (Å²) < 4.78 is 5.00. The summed E-state index contributed by atoms with van der Waals surface area (Å²) in [6.45, 7) is 3.76. The summed E-state index contributed by atoms with van der Waals surface area (Å²) in [7, 11) is 1.48. The van der Waals surface area contributed by atoms with Gasteiger partial charge in [0.25, 0.3) is 0 Å². The molecule has 110 valence electrons. The van der Waals surface area contributed by atoms with E-state index in [4.69, 9.17) is 9.84 Å². The highest BCUT2D eigenvalue weighted by molar-refractivity contribution is 5.80. The van der Waals surface area contributed by atoms with Gasteiger partial charge in [-0.1, -0.05) is 24.3 Å². The van der Waals surface area contributed by atoms with Gasteiger partial charge >= 0.3 is 5.97 Å². The Labute approximate surface area is 118 Å². The van der Waals surface area contributed by atoms with Crippen molar-refractivity contribution in [1.29, 1.82) is 0 Å². The van der Waals surface area contributed by atoms with Crippen molar-refractivity contribution in [3.63, 3.8) is 0 Å². The highest BCUT2D eigenvalue weighted by atomic mass is 16.5. The Morgan fingerprint density at radius 2 is 2.00 bits per heavy atom. The molecule has 20 heavy (non-hydrogen) atoms. The zero-order valence-corrected chi connectivity index (χ0v) is 12.1. The van der Waals surface area contributed by atoms with Crippen LogP contribution in [-0.4, -0.2) is 36.2 Å². The summed E-state index contributed by atoms with van der Waals surface area (Å²) >= 11 is 0. The zero-order valence-electron chi connectivity index (χ0n) is 12.1. The van der Waals surface area contributed by atoms with Crippen molar-refractivity contribution in [2.45, 2.75) is 32.2 Å². The quantitative estimate of drug-likeness (QED) is 0.793. The predicted octanol–water partition coefficient (Wildman–Crippen LogP) is 1.53. The molecule has 0 aliphatic heterocycles. The van der Waals surface area contributed by atoms with Crippen LogP contribution in [0.15, 0.2) is 24.3 Å². The minimum absolute atomic E-state index is 0.152. The fourth-order valence-corrected chi connectivity index (χ4v) is 2.15. The molecule has 0 spiro atoms. The molecule has 0 aromatic heterocycles. The number of methoxy groups -OCH3 is 1. The second kappa shape index (κ2) is 7.05. The lowest BCUT2D eigenvalue weighted by Gasteiger charge is -2.28. The first-order valence-corrected chi connectivity index (χ1v) is 6.42. The molecule has 1 atom stereocenters. The number of hydrogen-bond acceptors (Lipinski definition) is 3. The Hall–Kier alpha value is -1.88. The van der Waals surface area contributed by atoms with E-state index >= 15 is 0 Å². The number of ether oxygens (including phenoxy) is 1. The van der Waals surface area contributed by atoms with Crippen LogP contribution in [0.4, 0.5) is 0 Å². The number of rotatable bonds is 7. The minimum atomic E-state index is -0.972. The lowest BCUT2D eigenvalue weighted by atomic mass is 9.97. The summed E-state index contributed by atoms with van der Waals surface area (Å²) in [6.07, 6.45) is 0.0476. The van der Waals surface area contributed by atoms with Crippen molar-refractivity contribution in [2.75, 3.05) is 13.7 Å². The maximum Gasteiger partial charge on any atom is 0.305 e. The van der Waals surface area contributed by atoms with Crippen molar-refractivity contribution < 1.29 is 19.4 Å². The van der Waals surface area contributed by atoms with E-state index in [0.717, 1.165) is 11.1 Å². The molecule has 0 saturated carbocycles. The topological polar surface area (TPSA) is 75.6 Å². The predicted molar refractivity (Wildman–Crippen MR) is 75.6 cm³/mol. The number of amides is 1. The number of carboxylic acid groups (broad SMARTS) is 1. The van der Waals surface area contributed by atoms with Gasteiger partial charge in [0.2, 0.25) is 5.91 Å². The molecule has 0 heterocycles. The Bertz CT molecular complexity index is 487. The second-order valence-electron chi connectivity index (χ2n) is 5.22. The van der Waals surface area contributed by atoms with E-state index < -0.39 is 11.5 Å². The normalized spacial score (nSPS) is 13.6. The van der Waals surface area contributed by atoms with Crippen LogP contribution >= 0.6 is 0 Å². The van der Waals surface area contributed by atoms with Crippen molar-refractivity contribution >= 4 is 11.9 Å². The highest BCUT2D eigenvalue weighted by Gasteiger charge is 2.29. The third-order valence-electron chi connectivity index (χ3n) is 3.06. The van der Waals surface area contributed by atoms with Crippen LogP contribution in [0.5, 0.6) is 0 Å². The van der Waals surface area contributed by atoms with E-state index in [-0.39, 0.29) is 25.4 Å². The van der Waals surface area contributed by atoms with Gasteiger partial charge in [0.15, 0.2) is 0 Å². The van der Waals surface area contributed by atoms with Crippen LogP contribution in [0.2, 0.25) is 0 Å². The van der Waals surface area contributed by atoms with Gasteiger partial charge < -0.3 is 15.2 Å². The van der Waals surface area contributed by atoms with Crippen molar-refractivity contribution in [3.05, 3.63) is 35.4 Å². The number of nitrogens with one attached hydrogen (secondary N) is 1. The number of carbonyl (C=O) groups is 2. The standard InChI is InChI=1S/C15H21NO4/c1-11-6-4-5-7-12(11)8-13(17)16-15(2,10-20-3)9-14(18)19/h4-7H,8-10H2,1-3H3,(H,16,17)(H,18,19). The molecular formula is C15H21NO4. The van der Waals surface area contributed by atoms with Crippen molar-refractivity contribution in [1.82, 2.24) is 5.32 Å². The van der Waals surface area contributed by atoms with Crippen LogP contribution in [0.1, 0.15) is 24.5 Å². The molecule has 0 fully saturated rings. The van der Waals surface area contributed by atoms with Crippen LogP contribution in [-0.2, 0) is 20.7 Å². The van der Waals surface area contributed by atoms with Gasteiger partial charge in [0.05, 0.1) is 25.0 Å². The van der Waals surface area contributed by atoms with E-state index in [2.05, 4.69) is 5.32 Å². The van der Waals surface area contributed by atoms with E-state index in [1.807, 2.05) is 31.2 Å². The fraction of sp³-hybridized carbons (Fsp3) is 0.467. The van der Waals surface area contributed by atoms with Crippen LogP contribution in [0, 0.1) is 6.92 Å². The zero-order chi connectivity index (χ0) is 15.2. The Balaban J connectivity index is 2.71. The molecule has 5 nitrogen and oxygen atoms in total. The maximum atomic E-state index is 12.1. The van der Waals surface area contributed by atoms with Gasteiger partial charge in [-0.05, 0) is 25.0 Å². The molecule has 0 aliphatic carbocycles. The third kappa shape index (κ3) is 5.01. The average Bonchev–Trinajstić information content (AvgIpc) is 2.30. The van der Waals surface area contributed by atoms with Gasteiger partial charge in [-0.2, -0.15) is 0 Å². The van der Waals surface area contributed by atoms with Crippen LogP contribution < -0.4 is 5.32 Å². The molecule has 1 aromatic carbocycles. The van der Waals surface area contributed by atoms with E-state index in [0.29, 0.717) is 0 Å². The van der Waals surface area contributed by atoms with E-state index in [1.54, 1.807) is 6.92 Å². The first-order valence-electron chi connectivity index (χ1n) is 6.42. The number of carbonyl (C=O) groups excluding carboxylic acids is 1. The van der Waals surface area contributed by atoms with Gasteiger partial charge in [-0.15, -0.1) is 0 Å². The SMILES string of the molecule is COCC(C)(CC(=O)O)NC(=O)Cc1ccccc1C. The van der Waals surface area contributed by atoms with E-state index in [9.17, 15) is 9.59 Å². The fourth-order valence-electron chi connectivity index (χ4n) is 2.15. The monoisotopic (exact) mass is 279 g/mol. The molecule has 5 heteroatoms. The average molecular weight is 279 g/mol. The van der Waals surface area contributed by atoms with Crippen LogP contribution in [0.3, 0.4) is 0 Å². The van der Waals surface area contributed by atoms with Gasteiger partial charge in [0, 0.05) is 7.11 Å². The first kappa shape index (κ1) is 16.2. The Morgan fingerprint density at radius 3 is 2.55 bits per heavy atom. The molecule has 1 amide bonds. The molecule has 0 aliphatic rings. The molecule has 1 rings (SSSR count). The molecule has 0 saturated heterocycles. The Morgan fingerprint density at radius 1 is 1.35 bits per heavy atom. The number of benzene rings is 1. The van der Waals surface area contributed by atoms with E-state index in [1.165, 1.54) is 7.11 Å². The number of aliphatic carboxylic acids is 1. The summed E-state index contributed by atoms with van der Waals surface area (Å²) in [6, 6.07) is 7.62. The number of carboxylic acids is 1. The third-order valence-corrected chi connectivity index (χ3v) is 3.06.